The van der Waals surface area contributed by atoms with Crippen LogP contribution in [0.1, 0.15) is 23.3 Å². The first-order valence-electron chi connectivity index (χ1n) is 8.22. The molecule has 3 heterocycles. The molecule has 1 amide bonds. The van der Waals surface area contributed by atoms with Gasteiger partial charge in [-0.15, -0.1) is 0 Å². The highest BCUT2D eigenvalue weighted by atomic mass is 16.5. The van der Waals surface area contributed by atoms with Crippen molar-refractivity contribution in [3.05, 3.63) is 36.0 Å². The third-order valence-corrected chi connectivity index (χ3v) is 5.23. The largest absolute Gasteiger partial charge is 0.385 e. The van der Waals surface area contributed by atoms with Gasteiger partial charge in [-0.2, -0.15) is 0 Å². The van der Waals surface area contributed by atoms with Crippen LogP contribution in [0.25, 0.3) is 10.9 Å². The molecule has 1 aromatic carbocycles. The van der Waals surface area contributed by atoms with Crippen molar-refractivity contribution in [2.24, 2.45) is 5.92 Å². The fourth-order valence-electron chi connectivity index (χ4n) is 3.90. The molecule has 5 nitrogen and oxygen atoms in total. The summed E-state index contributed by atoms with van der Waals surface area (Å²) < 4.78 is 11.2. The number of benzene rings is 1. The van der Waals surface area contributed by atoms with Crippen LogP contribution in [0.15, 0.2) is 30.3 Å². The zero-order chi connectivity index (χ0) is 15.9. The molecule has 1 aromatic heterocycles. The minimum atomic E-state index is -0.139. The summed E-state index contributed by atoms with van der Waals surface area (Å²) in [6.07, 6.45) is 2.07. The van der Waals surface area contributed by atoms with Gasteiger partial charge in [0.15, 0.2) is 0 Å². The Morgan fingerprint density at radius 2 is 2.26 bits per heavy atom. The number of nitrogens with one attached hydrogen (secondary N) is 1. The van der Waals surface area contributed by atoms with Crippen LogP contribution in [0.2, 0.25) is 0 Å². The summed E-state index contributed by atoms with van der Waals surface area (Å²) in [4.78, 5) is 17.8. The first-order chi connectivity index (χ1) is 11.2. The maximum Gasteiger partial charge on any atom is 0.270 e. The third-order valence-electron chi connectivity index (χ3n) is 5.23. The highest BCUT2D eigenvalue weighted by Gasteiger charge is 2.54. The summed E-state index contributed by atoms with van der Waals surface area (Å²) in [6, 6.07) is 9.89. The molecule has 0 radical (unpaired) electrons. The maximum absolute atomic E-state index is 12.7. The average molecular weight is 314 g/mol. The van der Waals surface area contributed by atoms with Crippen LogP contribution >= 0.6 is 0 Å². The molecule has 23 heavy (non-hydrogen) atoms. The van der Waals surface area contributed by atoms with E-state index in [1.54, 1.807) is 7.11 Å². The lowest BCUT2D eigenvalue weighted by molar-refractivity contribution is -0.120. The highest BCUT2D eigenvalue weighted by molar-refractivity contribution is 5.98. The number of H-pyrrole nitrogens is 1. The van der Waals surface area contributed by atoms with E-state index >= 15 is 0 Å². The van der Waals surface area contributed by atoms with Crippen LogP contribution in [0.4, 0.5) is 0 Å². The number of aromatic nitrogens is 1. The molecule has 5 heteroatoms. The number of carbonyl (C=O) groups is 1. The molecular weight excluding hydrogens is 292 g/mol. The lowest BCUT2D eigenvalue weighted by Gasteiger charge is -2.50. The topological polar surface area (TPSA) is 54.6 Å². The van der Waals surface area contributed by atoms with Crippen molar-refractivity contribution in [3.8, 4) is 0 Å². The van der Waals surface area contributed by atoms with E-state index in [1.807, 2.05) is 35.2 Å². The van der Waals surface area contributed by atoms with Gasteiger partial charge in [-0.3, -0.25) is 4.79 Å². The van der Waals surface area contributed by atoms with Gasteiger partial charge in [0.1, 0.15) is 11.3 Å². The van der Waals surface area contributed by atoms with Crippen molar-refractivity contribution >= 4 is 16.8 Å². The number of nitrogens with zero attached hydrogens (tertiary/aromatic N) is 1. The second-order valence-electron chi connectivity index (χ2n) is 6.61. The predicted molar refractivity (Wildman–Crippen MR) is 87.5 cm³/mol. The molecule has 0 aliphatic carbocycles. The van der Waals surface area contributed by atoms with Crippen LogP contribution in [0.3, 0.4) is 0 Å². The van der Waals surface area contributed by atoms with E-state index in [1.165, 1.54) is 0 Å². The number of aromatic amines is 1. The minimum Gasteiger partial charge on any atom is -0.385 e. The number of fused-ring (bicyclic) bond motifs is 1. The van der Waals surface area contributed by atoms with Gasteiger partial charge in [-0.05, 0) is 30.9 Å². The van der Waals surface area contributed by atoms with Crippen LogP contribution in [-0.2, 0) is 9.47 Å². The van der Waals surface area contributed by atoms with Crippen LogP contribution in [0.5, 0.6) is 0 Å². The van der Waals surface area contributed by atoms with Gasteiger partial charge < -0.3 is 19.4 Å². The third kappa shape index (κ3) is 2.44. The standard InChI is InChI=1S/C18H22N2O3/c1-22-8-6-14-7-9-23-18(14)11-20(12-18)17(21)16-10-13-4-2-3-5-15(13)19-16/h2-5,10,14,19H,6-9,11-12H2,1H3/t14-/m0/s1. The van der Waals surface area contributed by atoms with Crippen molar-refractivity contribution < 1.29 is 14.3 Å². The van der Waals surface area contributed by atoms with Crippen LogP contribution in [0, 0.1) is 5.92 Å². The summed E-state index contributed by atoms with van der Waals surface area (Å²) in [5.41, 5.74) is 1.52. The van der Waals surface area contributed by atoms with Gasteiger partial charge >= 0.3 is 0 Å². The smallest absolute Gasteiger partial charge is 0.270 e. The summed E-state index contributed by atoms with van der Waals surface area (Å²) in [5, 5.41) is 1.07. The molecule has 2 fully saturated rings. The van der Waals surface area contributed by atoms with Gasteiger partial charge in [0, 0.05) is 31.2 Å². The minimum absolute atomic E-state index is 0.0628. The Morgan fingerprint density at radius 1 is 1.43 bits per heavy atom. The number of ether oxygens (including phenoxy) is 2. The van der Waals surface area contributed by atoms with Crippen molar-refractivity contribution in [2.75, 3.05) is 33.4 Å². The van der Waals surface area contributed by atoms with Gasteiger partial charge in [0.25, 0.3) is 5.91 Å². The summed E-state index contributed by atoms with van der Waals surface area (Å²) in [5.74, 6) is 0.557. The van der Waals surface area contributed by atoms with Crippen molar-refractivity contribution in [3.63, 3.8) is 0 Å². The number of methoxy groups -OCH3 is 1. The molecule has 122 valence electrons. The van der Waals surface area contributed by atoms with E-state index in [0.717, 1.165) is 37.0 Å². The Kier molecular flexibility index (Phi) is 3.62. The van der Waals surface area contributed by atoms with Gasteiger partial charge in [0.05, 0.1) is 13.1 Å². The van der Waals surface area contributed by atoms with Gasteiger partial charge in [-0.1, -0.05) is 18.2 Å². The molecule has 2 saturated heterocycles. The highest BCUT2D eigenvalue weighted by Crippen LogP contribution is 2.42. The molecule has 2 aromatic rings. The summed E-state index contributed by atoms with van der Waals surface area (Å²) in [6.45, 7) is 2.93. The van der Waals surface area contributed by atoms with Crippen molar-refractivity contribution in [1.29, 1.82) is 0 Å². The molecule has 0 bridgehead atoms. The summed E-state index contributed by atoms with van der Waals surface area (Å²) >= 11 is 0. The molecule has 2 aliphatic heterocycles. The molecule has 0 saturated carbocycles. The Morgan fingerprint density at radius 3 is 3.04 bits per heavy atom. The Bertz CT molecular complexity index is 685. The van der Waals surface area contributed by atoms with E-state index in [9.17, 15) is 4.79 Å². The van der Waals surface area contributed by atoms with Gasteiger partial charge in [-0.25, -0.2) is 0 Å². The number of carbonyl (C=O) groups excluding carboxylic acids is 1. The van der Waals surface area contributed by atoms with E-state index < -0.39 is 0 Å². The quantitative estimate of drug-likeness (QED) is 0.943. The number of rotatable bonds is 4. The molecule has 2 aliphatic rings. The van der Waals surface area contributed by atoms with E-state index in [-0.39, 0.29) is 11.5 Å². The van der Waals surface area contributed by atoms with Crippen LogP contribution in [-0.4, -0.2) is 54.8 Å². The molecule has 1 spiro atoms. The lowest BCUT2D eigenvalue weighted by Crippen LogP contribution is -2.66. The molecule has 4 rings (SSSR count). The van der Waals surface area contributed by atoms with Crippen molar-refractivity contribution in [1.82, 2.24) is 9.88 Å². The number of hydrogen-bond donors (Lipinski definition) is 1. The number of likely N-dealkylation sites (tertiary alicyclic amines) is 1. The van der Waals surface area contributed by atoms with E-state index in [2.05, 4.69) is 4.98 Å². The fraction of sp³-hybridized carbons (Fsp3) is 0.500. The molecule has 1 atom stereocenters. The fourth-order valence-corrected chi connectivity index (χ4v) is 3.90. The first-order valence-corrected chi connectivity index (χ1v) is 8.22. The first kappa shape index (κ1) is 14.7. The molecule has 1 N–H and O–H groups in total. The van der Waals surface area contributed by atoms with Gasteiger partial charge in [0.2, 0.25) is 0 Å². The van der Waals surface area contributed by atoms with Crippen molar-refractivity contribution in [2.45, 2.75) is 18.4 Å². The second kappa shape index (κ2) is 5.65. The van der Waals surface area contributed by atoms with E-state index in [4.69, 9.17) is 9.47 Å². The summed E-state index contributed by atoms with van der Waals surface area (Å²) in [7, 11) is 1.73. The molecular formula is C18H22N2O3. The average Bonchev–Trinajstić information content (AvgIpc) is 3.14. The SMILES string of the molecule is COCC[C@H]1CCOC12CN(C(=O)c1cc3ccccc3[nH]1)C2. The molecule has 0 unspecified atom stereocenters. The van der Waals surface area contributed by atoms with Crippen LogP contribution < -0.4 is 0 Å². The second-order valence-corrected chi connectivity index (χ2v) is 6.61. The predicted octanol–water partition coefficient (Wildman–Crippen LogP) is 2.44. The maximum atomic E-state index is 12.7. The number of hydrogen-bond acceptors (Lipinski definition) is 3. The number of amides is 1. The number of para-hydroxylation sites is 1. The van der Waals surface area contributed by atoms with E-state index in [0.29, 0.717) is 24.7 Å². The zero-order valence-electron chi connectivity index (χ0n) is 13.4. The Labute approximate surface area is 135 Å². The lowest BCUT2D eigenvalue weighted by atomic mass is 9.79. The Hall–Kier alpha value is -1.85. The Balaban J connectivity index is 1.45. The monoisotopic (exact) mass is 314 g/mol. The zero-order valence-corrected chi connectivity index (χ0v) is 13.4. The normalized spacial score (nSPS) is 22.7.